The van der Waals surface area contributed by atoms with Crippen LogP contribution in [0.2, 0.25) is 0 Å². The predicted octanol–water partition coefficient (Wildman–Crippen LogP) is 3.03. The predicted molar refractivity (Wildman–Crippen MR) is 90.0 cm³/mol. The fourth-order valence-electron chi connectivity index (χ4n) is 0.428. The summed E-state index contributed by atoms with van der Waals surface area (Å²) < 4.78 is 0. The molecular formula is C16H28O8Zr. The minimum atomic E-state index is -0.935. The van der Waals surface area contributed by atoms with E-state index in [-0.39, 0.29) is 37.3 Å². The Morgan fingerprint density at radius 2 is 0.840 bits per heavy atom. The molecule has 0 aromatic heterocycles. The number of carbonyl (C=O) groups is 4. The third kappa shape index (κ3) is 60.8. The molecular weight excluding hydrogens is 411 g/mol. The zero-order chi connectivity index (χ0) is 20.3. The molecule has 0 rings (SSSR count). The van der Waals surface area contributed by atoms with E-state index in [1.165, 1.54) is 13.8 Å². The van der Waals surface area contributed by atoms with Gasteiger partial charge in [-0.15, -0.1) is 0 Å². The largest absolute Gasteiger partial charge is 0.481 e. The van der Waals surface area contributed by atoms with Crippen molar-refractivity contribution < 1.29 is 65.8 Å². The molecule has 0 aromatic carbocycles. The topological polar surface area (TPSA) is 149 Å². The molecule has 0 aliphatic heterocycles. The Balaban J connectivity index is -0.0000000702. The summed E-state index contributed by atoms with van der Waals surface area (Å²) in [6.45, 7) is 12.9. The van der Waals surface area contributed by atoms with Gasteiger partial charge in [0.05, 0.1) is 0 Å². The second-order valence-electron chi connectivity index (χ2n) is 4.46. The molecule has 9 heteroatoms. The van der Waals surface area contributed by atoms with Crippen LogP contribution in [0, 0.1) is 0 Å². The summed E-state index contributed by atoms with van der Waals surface area (Å²) in [6, 6.07) is 0. The van der Waals surface area contributed by atoms with Crippen LogP contribution in [0.4, 0.5) is 0 Å². The second kappa shape index (κ2) is 24.5. The van der Waals surface area contributed by atoms with Gasteiger partial charge in [0.25, 0.3) is 0 Å². The molecule has 0 aliphatic rings. The minimum Gasteiger partial charge on any atom is -0.481 e. The summed E-state index contributed by atoms with van der Waals surface area (Å²) >= 11 is 0. The zero-order valence-electron chi connectivity index (χ0n) is 15.2. The summed E-state index contributed by atoms with van der Waals surface area (Å²) in [4.78, 5) is 38.4. The van der Waals surface area contributed by atoms with Gasteiger partial charge < -0.3 is 20.4 Å². The van der Waals surface area contributed by atoms with E-state index in [4.69, 9.17) is 20.4 Å². The first-order chi connectivity index (χ1) is 10.8. The average molecular weight is 440 g/mol. The molecule has 0 aliphatic carbocycles. The fourth-order valence-corrected chi connectivity index (χ4v) is 0.428. The van der Waals surface area contributed by atoms with Crippen LogP contribution in [0.1, 0.15) is 53.4 Å². The SMILES string of the molecule is C=C(C)C(=O)O.C=C(C)C(=O)O.CCCC(=O)O.CCCC(=O)O.[Zr]. The van der Waals surface area contributed by atoms with E-state index in [1.54, 1.807) is 0 Å². The monoisotopic (exact) mass is 438 g/mol. The van der Waals surface area contributed by atoms with Crippen molar-refractivity contribution in [3.63, 3.8) is 0 Å². The first kappa shape index (κ1) is 34.6. The molecule has 0 aromatic rings. The molecule has 8 nitrogen and oxygen atoms in total. The molecule has 0 radical (unpaired) electrons. The zero-order valence-corrected chi connectivity index (χ0v) is 17.6. The first-order valence-electron chi connectivity index (χ1n) is 7.04. The van der Waals surface area contributed by atoms with E-state index in [0.29, 0.717) is 12.8 Å². The van der Waals surface area contributed by atoms with Gasteiger partial charge in [0, 0.05) is 50.2 Å². The molecule has 0 amide bonds. The molecule has 0 saturated carbocycles. The van der Waals surface area contributed by atoms with E-state index in [1.807, 2.05) is 13.8 Å². The fraction of sp³-hybridized carbons (Fsp3) is 0.500. The summed E-state index contributed by atoms with van der Waals surface area (Å²) in [6.07, 6.45) is 2.05. The summed E-state index contributed by atoms with van der Waals surface area (Å²) in [5.41, 5.74) is 0.352. The van der Waals surface area contributed by atoms with Crippen molar-refractivity contribution in [2.45, 2.75) is 53.4 Å². The van der Waals surface area contributed by atoms with Crippen molar-refractivity contribution in [2.75, 3.05) is 0 Å². The van der Waals surface area contributed by atoms with Crippen molar-refractivity contribution in [1.82, 2.24) is 0 Å². The molecule has 0 fully saturated rings. The first-order valence-corrected chi connectivity index (χ1v) is 7.04. The molecule has 0 unspecified atom stereocenters. The summed E-state index contributed by atoms with van der Waals surface area (Å²) in [5, 5.41) is 31.6. The summed E-state index contributed by atoms with van der Waals surface area (Å²) in [5.74, 6) is -3.29. The Morgan fingerprint density at radius 3 is 0.840 bits per heavy atom. The number of carboxylic acids is 4. The second-order valence-corrected chi connectivity index (χ2v) is 4.46. The molecule has 144 valence electrons. The van der Waals surface area contributed by atoms with Gasteiger partial charge in [-0.3, -0.25) is 9.59 Å². The molecule has 4 N–H and O–H groups in total. The van der Waals surface area contributed by atoms with Crippen LogP contribution < -0.4 is 0 Å². The standard InChI is InChI=1S/2C4H6O2.2C4H8O2.Zr/c2*1-3(2)4(5)6;2*1-2-3-4(5)6;/h2*1H2,2H3,(H,5,6);2*2-3H2,1H3,(H,5,6);. The van der Waals surface area contributed by atoms with E-state index >= 15 is 0 Å². The van der Waals surface area contributed by atoms with Crippen LogP contribution in [0.15, 0.2) is 24.3 Å². The van der Waals surface area contributed by atoms with Gasteiger partial charge in [0.2, 0.25) is 0 Å². The van der Waals surface area contributed by atoms with Crippen LogP contribution in [-0.2, 0) is 45.4 Å². The van der Waals surface area contributed by atoms with E-state index in [0.717, 1.165) is 12.8 Å². The number of aliphatic carboxylic acids is 4. The Hall–Kier alpha value is -1.76. The van der Waals surface area contributed by atoms with Crippen LogP contribution in [0.5, 0.6) is 0 Å². The number of carboxylic acid groups (broad SMARTS) is 4. The third-order valence-electron chi connectivity index (χ3n) is 1.66. The maximum absolute atomic E-state index is 9.60. The Morgan fingerprint density at radius 1 is 0.680 bits per heavy atom. The van der Waals surface area contributed by atoms with Gasteiger partial charge in [0.15, 0.2) is 0 Å². The van der Waals surface area contributed by atoms with Crippen LogP contribution in [0.25, 0.3) is 0 Å². The van der Waals surface area contributed by atoms with Gasteiger partial charge in [-0.05, 0) is 26.7 Å². The van der Waals surface area contributed by atoms with Gasteiger partial charge >= 0.3 is 23.9 Å². The van der Waals surface area contributed by atoms with E-state index < -0.39 is 23.9 Å². The Bertz CT molecular complexity index is 366. The molecule has 0 atom stereocenters. The minimum absolute atomic E-state index is 0. The van der Waals surface area contributed by atoms with Gasteiger partial charge in [0.1, 0.15) is 0 Å². The number of hydrogen-bond acceptors (Lipinski definition) is 4. The van der Waals surface area contributed by atoms with E-state index in [2.05, 4.69) is 13.2 Å². The van der Waals surface area contributed by atoms with Crippen molar-refractivity contribution in [2.24, 2.45) is 0 Å². The molecule has 0 saturated heterocycles. The van der Waals surface area contributed by atoms with E-state index in [9.17, 15) is 19.2 Å². The average Bonchev–Trinajstić information content (AvgIpc) is 2.40. The Kier molecular flexibility index (Phi) is 33.9. The van der Waals surface area contributed by atoms with Crippen molar-refractivity contribution in [1.29, 1.82) is 0 Å². The molecule has 0 bridgehead atoms. The third-order valence-corrected chi connectivity index (χ3v) is 1.66. The number of rotatable bonds is 6. The smallest absolute Gasteiger partial charge is 0.330 e. The van der Waals surface area contributed by atoms with Crippen molar-refractivity contribution >= 4 is 23.9 Å². The maximum Gasteiger partial charge on any atom is 0.330 e. The summed E-state index contributed by atoms with van der Waals surface area (Å²) in [7, 11) is 0. The quantitative estimate of drug-likeness (QED) is 0.461. The number of hydrogen-bond donors (Lipinski definition) is 4. The van der Waals surface area contributed by atoms with Crippen LogP contribution in [-0.4, -0.2) is 44.3 Å². The van der Waals surface area contributed by atoms with Gasteiger partial charge in [-0.1, -0.05) is 27.0 Å². The molecule has 0 spiro atoms. The molecule has 0 heterocycles. The Labute approximate surface area is 167 Å². The van der Waals surface area contributed by atoms with Crippen LogP contribution >= 0.6 is 0 Å². The maximum atomic E-state index is 9.60. The van der Waals surface area contributed by atoms with Crippen molar-refractivity contribution in [3.05, 3.63) is 24.3 Å². The normalized spacial score (nSPS) is 7.52. The van der Waals surface area contributed by atoms with Crippen LogP contribution in [0.3, 0.4) is 0 Å². The molecule has 25 heavy (non-hydrogen) atoms. The van der Waals surface area contributed by atoms with Gasteiger partial charge in [-0.2, -0.15) is 0 Å². The van der Waals surface area contributed by atoms with Crippen molar-refractivity contribution in [3.8, 4) is 0 Å². The van der Waals surface area contributed by atoms with Gasteiger partial charge in [-0.25, -0.2) is 9.59 Å².